The fraction of sp³-hybridized carbons (Fsp3) is 0.400. The van der Waals surface area contributed by atoms with E-state index in [4.69, 9.17) is 0 Å². The second-order valence-corrected chi connectivity index (χ2v) is 6.84. The summed E-state index contributed by atoms with van der Waals surface area (Å²) in [5.41, 5.74) is 1.95. The summed E-state index contributed by atoms with van der Waals surface area (Å²) in [5.74, 6) is -0.375. The molecule has 1 aromatic carbocycles. The lowest BCUT2D eigenvalue weighted by molar-refractivity contribution is -0.126. The first-order chi connectivity index (χ1) is 12.5. The number of benzene rings is 1. The topological polar surface area (TPSA) is 57.3 Å². The fourth-order valence-electron chi connectivity index (χ4n) is 3.50. The first-order valence-corrected chi connectivity index (χ1v) is 8.92. The molecule has 0 saturated carbocycles. The molecule has 0 radical (unpaired) electrons. The van der Waals surface area contributed by atoms with Crippen molar-refractivity contribution in [1.29, 1.82) is 0 Å². The Bertz CT molecular complexity index is 772. The number of nitrogens with one attached hydrogen (secondary N) is 2. The molecule has 1 saturated heterocycles. The summed E-state index contributed by atoms with van der Waals surface area (Å²) < 4.78 is 13.5. The van der Waals surface area contributed by atoms with Crippen LogP contribution in [-0.2, 0) is 11.3 Å². The summed E-state index contributed by atoms with van der Waals surface area (Å²) in [7, 11) is 1.64. The Morgan fingerprint density at radius 1 is 1.23 bits per heavy atom. The molecular weight excluding hydrogens is 331 g/mol. The van der Waals surface area contributed by atoms with E-state index in [0.717, 1.165) is 31.0 Å². The number of pyridine rings is 1. The maximum absolute atomic E-state index is 13.5. The fourth-order valence-corrected chi connectivity index (χ4v) is 3.50. The maximum Gasteiger partial charge on any atom is 0.245 e. The molecule has 2 N–H and O–H groups in total. The van der Waals surface area contributed by atoms with E-state index in [1.807, 2.05) is 25.1 Å². The number of hydrogen-bond acceptors (Lipinski definition) is 4. The van der Waals surface area contributed by atoms with Gasteiger partial charge in [-0.2, -0.15) is 0 Å². The Hall–Kier alpha value is -2.47. The molecule has 1 aliphatic rings. The van der Waals surface area contributed by atoms with Gasteiger partial charge in [0.2, 0.25) is 5.91 Å². The Kier molecular flexibility index (Phi) is 5.52. The van der Waals surface area contributed by atoms with Crippen LogP contribution in [0.5, 0.6) is 0 Å². The van der Waals surface area contributed by atoms with E-state index in [0.29, 0.717) is 18.5 Å². The second-order valence-electron chi connectivity index (χ2n) is 6.84. The summed E-state index contributed by atoms with van der Waals surface area (Å²) >= 11 is 0. The Balaban J connectivity index is 1.70. The monoisotopic (exact) mass is 356 g/mol. The number of likely N-dealkylation sites (tertiary alicyclic amines) is 1. The maximum atomic E-state index is 13.5. The predicted octanol–water partition coefficient (Wildman–Crippen LogP) is 2.72. The van der Waals surface area contributed by atoms with Crippen LogP contribution in [0.25, 0.3) is 0 Å². The molecule has 0 aliphatic carbocycles. The lowest BCUT2D eigenvalue weighted by Gasteiger charge is -2.41. The molecule has 26 heavy (non-hydrogen) atoms. The minimum absolute atomic E-state index is 0.0601. The van der Waals surface area contributed by atoms with Crippen LogP contribution in [0.4, 0.5) is 10.1 Å². The zero-order chi connectivity index (χ0) is 18.6. The van der Waals surface area contributed by atoms with Crippen LogP contribution < -0.4 is 10.6 Å². The van der Waals surface area contributed by atoms with Gasteiger partial charge in [-0.3, -0.25) is 14.7 Å². The van der Waals surface area contributed by atoms with Gasteiger partial charge in [-0.1, -0.05) is 12.1 Å². The number of carbonyl (C=O) groups excluding carboxylic acids is 1. The van der Waals surface area contributed by atoms with Gasteiger partial charge < -0.3 is 10.6 Å². The van der Waals surface area contributed by atoms with Gasteiger partial charge >= 0.3 is 0 Å². The van der Waals surface area contributed by atoms with E-state index in [1.54, 1.807) is 19.2 Å². The van der Waals surface area contributed by atoms with E-state index in [2.05, 4.69) is 20.5 Å². The summed E-state index contributed by atoms with van der Waals surface area (Å²) in [4.78, 5) is 19.4. The summed E-state index contributed by atoms with van der Waals surface area (Å²) in [6.07, 6.45) is 1.30. The van der Waals surface area contributed by atoms with Crippen LogP contribution in [0.1, 0.15) is 24.2 Å². The van der Waals surface area contributed by atoms with E-state index in [1.165, 1.54) is 12.1 Å². The highest BCUT2D eigenvalue weighted by atomic mass is 19.1. The highest BCUT2D eigenvalue weighted by molar-refractivity contribution is 5.89. The number of amides is 1. The highest BCUT2D eigenvalue weighted by Crippen LogP contribution is 2.28. The van der Waals surface area contributed by atoms with Crippen molar-refractivity contribution in [2.75, 3.05) is 25.5 Å². The number of aromatic nitrogens is 1. The SMILES string of the molecule is CNC(=O)C1(Nc2cccc(F)c2)CCN(Cc2cccc(C)n2)CC1. The quantitative estimate of drug-likeness (QED) is 0.865. The van der Waals surface area contributed by atoms with E-state index in [-0.39, 0.29) is 11.7 Å². The van der Waals surface area contributed by atoms with E-state index >= 15 is 0 Å². The number of nitrogens with zero attached hydrogens (tertiary/aromatic N) is 2. The Labute approximate surface area is 153 Å². The summed E-state index contributed by atoms with van der Waals surface area (Å²) in [6, 6.07) is 12.3. The van der Waals surface area contributed by atoms with Crippen molar-refractivity contribution in [3.05, 3.63) is 59.7 Å². The number of piperidine rings is 1. The number of halogens is 1. The molecule has 3 rings (SSSR count). The van der Waals surface area contributed by atoms with Crippen molar-refractivity contribution in [3.8, 4) is 0 Å². The van der Waals surface area contributed by atoms with Crippen molar-refractivity contribution in [3.63, 3.8) is 0 Å². The van der Waals surface area contributed by atoms with Crippen LogP contribution in [0.15, 0.2) is 42.5 Å². The smallest absolute Gasteiger partial charge is 0.245 e. The molecule has 1 aromatic heterocycles. The van der Waals surface area contributed by atoms with Gasteiger partial charge in [0, 0.05) is 38.1 Å². The first kappa shape index (κ1) is 18.3. The first-order valence-electron chi connectivity index (χ1n) is 8.92. The van der Waals surface area contributed by atoms with Gasteiger partial charge in [0.15, 0.2) is 0 Å². The minimum atomic E-state index is -0.723. The molecule has 0 bridgehead atoms. The van der Waals surface area contributed by atoms with Crippen molar-refractivity contribution in [1.82, 2.24) is 15.2 Å². The molecule has 2 heterocycles. The highest BCUT2D eigenvalue weighted by Gasteiger charge is 2.41. The molecule has 5 nitrogen and oxygen atoms in total. The van der Waals surface area contributed by atoms with E-state index in [9.17, 15) is 9.18 Å². The van der Waals surface area contributed by atoms with Gasteiger partial charge in [-0.15, -0.1) is 0 Å². The molecule has 2 aromatic rings. The Morgan fingerprint density at radius 3 is 2.62 bits per heavy atom. The average molecular weight is 356 g/mol. The van der Waals surface area contributed by atoms with E-state index < -0.39 is 5.54 Å². The van der Waals surface area contributed by atoms with Gasteiger partial charge in [0.1, 0.15) is 11.4 Å². The van der Waals surface area contributed by atoms with Crippen LogP contribution in [-0.4, -0.2) is 41.5 Å². The number of likely N-dealkylation sites (N-methyl/N-ethyl adjacent to an activating group) is 1. The van der Waals surface area contributed by atoms with Gasteiger partial charge in [0.25, 0.3) is 0 Å². The number of aryl methyl sites for hydroxylation is 1. The molecule has 0 spiro atoms. The number of carbonyl (C=O) groups is 1. The molecular formula is C20H25FN4O. The van der Waals surface area contributed by atoms with Crippen LogP contribution in [0.3, 0.4) is 0 Å². The molecule has 6 heteroatoms. The number of anilines is 1. The standard InChI is InChI=1S/C20H25FN4O/c1-15-5-3-8-18(23-15)14-25-11-9-20(10-12-25,19(26)22-2)24-17-7-4-6-16(21)13-17/h3-8,13,24H,9-12,14H2,1-2H3,(H,22,26). The zero-order valence-corrected chi connectivity index (χ0v) is 15.3. The van der Waals surface area contributed by atoms with Gasteiger partial charge in [0.05, 0.1) is 5.69 Å². The lowest BCUT2D eigenvalue weighted by Crippen LogP contribution is -2.57. The molecule has 1 amide bonds. The zero-order valence-electron chi connectivity index (χ0n) is 15.3. The van der Waals surface area contributed by atoms with Crippen molar-refractivity contribution in [2.24, 2.45) is 0 Å². The summed E-state index contributed by atoms with van der Waals surface area (Å²) in [6.45, 7) is 4.29. The second kappa shape index (κ2) is 7.83. The normalized spacial score (nSPS) is 16.9. The number of rotatable bonds is 5. The third-order valence-electron chi connectivity index (χ3n) is 4.91. The Morgan fingerprint density at radius 2 is 1.96 bits per heavy atom. The van der Waals surface area contributed by atoms with Gasteiger partial charge in [-0.25, -0.2) is 4.39 Å². The molecule has 0 atom stereocenters. The van der Waals surface area contributed by atoms with Crippen LogP contribution in [0, 0.1) is 12.7 Å². The van der Waals surface area contributed by atoms with Crippen molar-refractivity contribution < 1.29 is 9.18 Å². The molecule has 0 unspecified atom stereocenters. The van der Waals surface area contributed by atoms with Gasteiger partial charge in [-0.05, 0) is 50.1 Å². The minimum Gasteiger partial charge on any atom is -0.371 e. The third kappa shape index (κ3) is 4.19. The molecule has 1 aliphatic heterocycles. The molecule has 1 fully saturated rings. The number of hydrogen-bond donors (Lipinski definition) is 2. The van der Waals surface area contributed by atoms with Crippen LogP contribution >= 0.6 is 0 Å². The lowest BCUT2D eigenvalue weighted by atomic mass is 9.86. The average Bonchev–Trinajstić information content (AvgIpc) is 2.63. The predicted molar refractivity (Wildman–Crippen MR) is 100 cm³/mol. The molecule has 138 valence electrons. The van der Waals surface area contributed by atoms with Crippen molar-refractivity contribution >= 4 is 11.6 Å². The largest absolute Gasteiger partial charge is 0.371 e. The van der Waals surface area contributed by atoms with Crippen molar-refractivity contribution in [2.45, 2.75) is 31.8 Å². The third-order valence-corrected chi connectivity index (χ3v) is 4.91. The van der Waals surface area contributed by atoms with Crippen LogP contribution in [0.2, 0.25) is 0 Å². The summed E-state index contributed by atoms with van der Waals surface area (Å²) in [5, 5.41) is 6.04.